The first kappa shape index (κ1) is 11.5. The summed E-state index contributed by atoms with van der Waals surface area (Å²) in [5.41, 5.74) is 7.53. The maximum atomic E-state index is 9.44. The third kappa shape index (κ3) is 2.38. The number of nitrogens with two attached hydrogens (primary N) is 1. The third-order valence-corrected chi connectivity index (χ3v) is 2.91. The summed E-state index contributed by atoms with van der Waals surface area (Å²) in [6.07, 6.45) is 0.440. The Kier molecular flexibility index (Phi) is 3.50. The number of aliphatic hydroxyl groups excluding tert-OH is 2. The first-order chi connectivity index (χ1) is 7.70. The Labute approximate surface area is 94.5 Å². The van der Waals surface area contributed by atoms with Gasteiger partial charge in [-0.2, -0.15) is 0 Å². The Bertz CT molecular complexity index is 349. The normalized spacial score (nSPS) is 26.2. The van der Waals surface area contributed by atoms with Crippen molar-refractivity contribution < 1.29 is 10.2 Å². The average molecular weight is 223 g/mol. The molecule has 0 spiro atoms. The molecule has 0 radical (unpaired) electrons. The molecule has 1 aliphatic heterocycles. The van der Waals surface area contributed by atoms with Crippen LogP contribution in [0.15, 0.2) is 18.3 Å². The zero-order chi connectivity index (χ0) is 11.5. The maximum Gasteiger partial charge on any atom is 0.0938 e. The number of hydrogen-bond acceptors (Lipinski definition) is 5. The highest BCUT2D eigenvalue weighted by molar-refractivity contribution is 5.19. The van der Waals surface area contributed by atoms with E-state index in [1.165, 1.54) is 0 Å². The van der Waals surface area contributed by atoms with Gasteiger partial charge in [-0.05, 0) is 11.6 Å². The first-order valence-electron chi connectivity index (χ1n) is 5.42. The van der Waals surface area contributed by atoms with E-state index in [9.17, 15) is 10.2 Å². The van der Waals surface area contributed by atoms with Gasteiger partial charge in [-0.15, -0.1) is 0 Å². The number of aromatic nitrogens is 1. The second kappa shape index (κ2) is 4.88. The molecule has 2 unspecified atom stereocenters. The van der Waals surface area contributed by atoms with Crippen LogP contribution in [0.3, 0.4) is 0 Å². The van der Waals surface area contributed by atoms with Gasteiger partial charge in [0.2, 0.25) is 0 Å². The smallest absolute Gasteiger partial charge is 0.0938 e. The zero-order valence-electron chi connectivity index (χ0n) is 9.08. The SMILES string of the molecule is NCc1ncccc1CN1CC(O)C(O)C1. The van der Waals surface area contributed by atoms with Crippen molar-refractivity contribution in [1.29, 1.82) is 0 Å². The molecule has 0 aromatic carbocycles. The topological polar surface area (TPSA) is 82.6 Å². The van der Waals surface area contributed by atoms with Crippen molar-refractivity contribution in [3.05, 3.63) is 29.6 Å². The molecule has 88 valence electrons. The van der Waals surface area contributed by atoms with Gasteiger partial charge in [-0.3, -0.25) is 9.88 Å². The predicted molar refractivity (Wildman–Crippen MR) is 59.4 cm³/mol. The van der Waals surface area contributed by atoms with Crippen LogP contribution in [0.4, 0.5) is 0 Å². The van der Waals surface area contributed by atoms with E-state index in [0.29, 0.717) is 26.2 Å². The van der Waals surface area contributed by atoms with Crippen LogP contribution in [0, 0.1) is 0 Å². The molecule has 0 aliphatic carbocycles. The molecular weight excluding hydrogens is 206 g/mol. The van der Waals surface area contributed by atoms with Crippen LogP contribution in [-0.4, -0.2) is 45.4 Å². The molecule has 2 rings (SSSR count). The molecule has 2 atom stereocenters. The summed E-state index contributed by atoms with van der Waals surface area (Å²) >= 11 is 0. The third-order valence-electron chi connectivity index (χ3n) is 2.91. The van der Waals surface area contributed by atoms with E-state index < -0.39 is 12.2 Å². The molecule has 5 nitrogen and oxygen atoms in total. The largest absolute Gasteiger partial charge is 0.389 e. The molecule has 1 aromatic rings. The lowest BCUT2D eigenvalue weighted by Crippen LogP contribution is -2.22. The summed E-state index contributed by atoms with van der Waals surface area (Å²) in [5.74, 6) is 0. The quantitative estimate of drug-likeness (QED) is 0.617. The fraction of sp³-hybridized carbons (Fsp3) is 0.545. The number of β-amino-alcohol motifs (C(OH)–C–C–N with tert-alkyl or cyclic N) is 2. The standard InChI is InChI=1S/C11H17N3O2/c12-4-9-8(2-1-3-13-9)5-14-6-10(15)11(16)7-14/h1-3,10-11,15-16H,4-7,12H2. The van der Waals surface area contributed by atoms with Gasteiger partial charge in [0.1, 0.15) is 0 Å². The van der Waals surface area contributed by atoms with Crippen LogP contribution in [0.25, 0.3) is 0 Å². The second-order valence-electron chi connectivity index (χ2n) is 4.14. The van der Waals surface area contributed by atoms with Crippen molar-refractivity contribution >= 4 is 0 Å². The highest BCUT2D eigenvalue weighted by Gasteiger charge is 2.29. The second-order valence-corrected chi connectivity index (χ2v) is 4.14. The summed E-state index contributed by atoms with van der Waals surface area (Å²) in [7, 11) is 0. The molecule has 1 saturated heterocycles. The molecule has 1 fully saturated rings. The fourth-order valence-corrected chi connectivity index (χ4v) is 2.02. The predicted octanol–water partition coefficient (Wildman–Crippen LogP) is -0.922. The Morgan fingerprint density at radius 1 is 1.38 bits per heavy atom. The summed E-state index contributed by atoms with van der Waals surface area (Å²) < 4.78 is 0. The Morgan fingerprint density at radius 2 is 2.06 bits per heavy atom. The van der Waals surface area contributed by atoms with Gasteiger partial charge < -0.3 is 15.9 Å². The lowest BCUT2D eigenvalue weighted by atomic mass is 10.2. The Morgan fingerprint density at radius 3 is 2.69 bits per heavy atom. The van der Waals surface area contributed by atoms with Crippen molar-refractivity contribution in [2.24, 2.45) is 5.73 Å². The van der Waals surface area contributed by atoms with Gasteiger partial charge in [0.15, 0.2) is 0 Å². The van der Waals surface area contributed by atoms with Crippen LogP contribution < -0.4 is 5.73 Å². The number of hydrogen-bond donors (Lipinski definition) is 3. The van der Waals surface area contributed by atoms with Crippen LogP contribution in [0.5, 0.6) is 0 Å². The monoisotopic (exact) mass is 223 g/mol. The number of likely N-dealkylation sites (tertiary alicyclic amines) is 1. The van der Waals surface area contributed by atoms with Gasteiger partial charge >= 0.3 is 0 Å². The van der Waals surface area contributed by atoms with E-state index in [0.717, 1.165) is 11.3 Å². The molecule has 16 heavy (non-hydrogen) atoms. The number of nitrogens with zero attached hydrogens (tertiary/aromatic N) is 2. The lowest BCUT2D eigenvalue weighted by molar-refractivity contribution is 0.0572. The average Bonchev–Trinajstić information content (AvgIpc) is 2.59. The van der Waals surface area contributed by atoms with E-state index in [1.807, 2.05) is 17.0 Å². The van der Waals surface area contributed by atoms with E-state index in [4.69, 9.17) is 5.73 Å². The fourth-order valence-electron chi connectivity index (χ4n) is 2.02. The molecule has 2 heterocycles. The van der Waals surface area contributed by atoms with Crippen LogP contribution >= 0.6 is 0 Å². The molecular formula is C11H17N3O2. The zero-order valence-corrected chi connectivity index (χ0v) is 9.08. The molecule has 0 bridgehead atoms. The summed E-state index contributed by atoms with van der Waals surface area (Å²) in [4.78, 5) is 6.21. The minimum atomic E-state index is -0.641. The van der Waals surface area contributed by atoms with Gasteiger partial charge in [0.05, 0.1) is 17.9 Å². The van der Waals surface area contributed by atoms with Gasteiger partial charge in [-0.25, -0.2) is 0 Å². The summed E-state index contributed by atoms with van der Waals surface area (Å²) in [6.45, 7) is 2.09. The van der Waals surface area contributed by atoms with Crippen LogP contribution in [0.1, 0.15) is 11.3 Å². The Hall–Kier alpha value is -1.01. The van der Waals surface area contributed by atoms with Crippen molar-refractivity contribution in [3.63, 3.8) is 0 Å². The van der Waals surface area contributed by atoms with Crippen LogP contribution in [-0.2, 0) is 13.1 Å². The van der Waals surface area contributed by atoms with E-state index >= 15 is 0 Å². The highest BCUT2D eigenvalue weighted by Crippen LogP contribution is 2.15. The Balaban J connectivity index is 2.04. The molecule has 1 aromatic heterocycles. The van der Waals surface area contributed by atoms with Crippen molar-refractivity contribution in [2.45, 2.75) is 25.3 Å². The molecule has 1 aliphatic rings. The maximum absolute atomic E-state index is 9.44. The summed E-state index contributed by atoms with van der Waals surface area (Å²) in [5, 5.41) is 18.9. The number of pyridine rings is 1. The molecule has 0 amide bonds. The van der Waals surface area contributed by atoms with E-state index in [1.54, 1.807) is 6.20 Å². The minimum absolute atomic E-state index is 0.412. The van der Waals surface area contributed by atoms with Crippen molar-refractivity contribution in [2.75, 3.05) is 13.1 Å². The van der Waals surface area contributed by atoms with E-state index in [2.05, 4.69) is 4.98 Å². The van der Waals surface area contributed by atoms with Crippen molar-refractivity contribution in [1.82, 2.24) is 9.88 Å². The lowest BCUT2D eigenvalue weighted by Gasteiger charge is -2.16. The van der Waals surface area contributed by atoms with Crippen molar-refractivity contribution in [3.8, 4) is 0 Å². The minimum Gasteiger partial charge on any atom is -0.389 e. The van der Waals surface area contributed by atoms with E-state index in [-0.39, 0.29) is 0 Å². The van der Waals surface area contributed by atoms with Gasteiger partial charge in [0, 0.05) is 32.4 Å². The summed E-state index contributed by atoms with van der Waals surface area (Å²) in [6, 6.07) is 3.85. The molecule has 4 N–H and O–H groups in total. The molecule has 5 heteroatoms. The highest BCUT2D eigenvalue weighted by atomic mass is 16.3. The van der Waals surface area contributed by atoms with Gasteiger partial charge in [-0.1, -0.05) is 6.07 Å². The van der Waals surface area contributed by atoms with Gasteiger partial charge in [0.25, 0.3) is 0 Å². The number of aliphatic hydroxyl groups is 2. The number of rotatable bonds is 3. The molecule has 0 saturated carbocycles. The first-order valence-corrected chi connectivity index (χ1v) is 5.42. The van der Waals surface area contributed by atoms with Crippen LogP contribution in [0.2, 0.25) is 0 Å².